The maximum atomic E-state index is 12.7. The van der Waals surface area contributed by atoms with Gasteiger partial charge in [0.2, 0.25) is 0 Å². The van der Waals surface area contributed by atoms with Gasteiger partial charge in [-0.2, -0.15) is 0 Å². The molecule has 0 aliphatic rings. The summed E-state index contributed by atoms with van der Waals surface area (Å²) in [6.07, 6.45) is 1.17. The minimum absolute atomic E-state index is 0.253. The van der Waals surface area contributed by atoms with E-state index >= 15 is 0 Å². The number of benzene rings is 2. The second-order valence-electron chi connectivity index (χ2n) is 6.54. The lowest BCUT2D eigenvalue weighted by Gasteiger charge is -2.14. The summed E-state index contributed by atoms with van der Waals surface area (Å²) in [5, 5.41) is 3.84. The standard InChI is InChI=1S/C20H21NO4S/c1-12-6-5-7-17-13(2)19(25-18(12)17)20(22)21-14(3)15-8-10-16(11-9-15)26(4,23)24/h5-11,14H,1-4H3,(H,21,22). The summed E-state index contributed by atoms with van der Waals surface area (Å²) < 4.78 is 28.9. The van der Waals surface area contributed by atoms with Gasteiger partial charge < -0.3 is 9.73 Å². The highest BCUT2D eigenvalue weighted by Gasteiger charge is 2.20. The monoisotopic (exact) mass is 371 g/mol. The Labute approximate surface area is 152 Å². The van der Waals surface area contributed by atoms with E-state index in [0.29, 0.717) is 5.76 Å². The van der Waals surface area contributed by atoms with E-state index in [1.165, 1.54) is 6.26 Å². The quantitative estimate of drug-likeness (QED) is 0.753. The number of carbonyl (C=O) groups excluding carboxylic acids is 1. The Morgan fingerprint density at radius 3 is 2.31 bits per heavy atom. The molecule has 0 bridgehead atoms. The van der Waals surface area contributed by atoms with Crippen LogP contribution < -0.4 is 5.32 Å². The van der Waals surface area contributed by atoms with Crippen LogP contribution in [0.4, 0.5) is 0 Å². The van der Waals surface area contributed by atoms with Crippen molar-refractivity contribution in [1.29, 1.82) is 0 Å². The van der Waals surface area contributed by atoms with Gasteiger partial charge in [0.25, 0.3) is 5.91 Å². The van der Waals surface area contributed by atoms with Gasteiger partial charge in [-0.3, -0.25) is 4.79 Å². The van der Waals surface area contributed by atoms with Crippen molar-refractivity contribution in [2.75, 3.05) is 6.26 Å². The maximum absolute atomic E-state index is 12.7. The molecule has 3 rings (SSSR count). The highest BCUT2D eigenvalue weighted by molar-refractivity contribution is 7.90. The van der Waals surface area contributed by atoms with Gasteiger partial charge in [-0.05, 0) is 44.0 Å². The lowest BCUT2D eigenvalue weighted by molar-refractivity contribution is 0.0913. The van der Waals surface area contributed by atoms with Gasteiger partial charge in [0.1, 0.15) is 5.58 Å². The van der Waals surface area contributed by atoms with E-state index in [9.17, 15) is 13.2 Å². The molecule has 1 aromatic heterocycles. The van der Waals surface area contributed by atoms with Crippen LogP contribution >= 0.6 is 0 Å². The number of para-hydroxylation sites is 1. The van der Waals surface area contributed by atoms with Crippen LogP contribution in [-0.2, 0) is 9.84 Å². The number of fused-ring (bicyclic) bond motifs is 1. The number of furan rings is 1. The van der Waals surface area contributed by atoms with Crippen LogP contribution in [0.15, 0.2) is 51.8 Å². The van der Waals surface area contributed by atoms with Crippen LogP contribution in [-0.4, -0.2) is 20.6 Å². The van der Waals surface area contributed by atoms with E-state index in [-0.39, 0.29) is 16.8 Å². The molecule has 1 amide bonds. The van der Waals surface area contributed by atoms with Crippen LogP contribution in [0.5, 0.6) is 0 Å². The van der Waals surface area contributed by atoms with Crippen molar-refractivity contribution in [3.05, 3.63) is 64.9 Å². The molecule has 6 heteroatoms. The molecule has 1 unspecified atom stereocenters. The first-order valence-electron chi connectivity index (χ1n) is 8.28. The third-order valence-electron chi connectivity index (χ3n) is 4.52. The molecular formula is C20H21NO4S. The molecule has 2 aromatic carbocycles. The predicted octanol–water partition coefficient (Wildman–Crippen LogP) is 3.94. The Balaban J connectivity index is 1.84. The zero-order valence-electron chi connectivity index (χ0n) is 15.2. The van der Waals surface area contributed by atoms with Crippen LogP contribution in [0.2, 0.25) is 0 Å². The van der Waals surface area contributed by atoms with Crippen molar-refractivity contribution in [3.63, 3.8) is 0 Å². The molecule has 1 N–H and O–H groups in total. The second-order valence-corrected chi connectivity index (χ2v) is 8.56. The van der Waals surface area contributed by atoms with E-state index < -0.39 is 9.84 Å². The molecule has 0 fully saturated rings. The molecular weight excluding hydrogens is 350 g/mol. The molecule has 0 aliphatic carbocycles. The average Bonchev–Trinajstić information content (AvgIpc) is 2.93. The smallest absolute Gasteiger partial charge is 0.287 e. The summed E-state index contributed by atoms with van der Waals surface area (Å²) in [7, 11) is -3.24. The number of hydrogen-bond acceptors (Lipinski definition) is 4. The molecule has 136 valence electrons. The first-order valence-corrected chi connectivity index (χ1v) is 10.2. The van der Waals surface area contributed by atoms with E-state index in [2.05, 4.69) is 5.32 Å². The Morgan fingerprint density at radius 1 is 1.08 bits per heavy atom. The third kappa shape index (κ3) is 3.37. The van der Waals surface area contributed by atoms with Crippen LogP contribution in [0.1, 0.15) is 40.2 Å². The number of aryl methyl sites for hydroxylation is 2. The van der Waals surface area contributed by atoms with Crippen LogP contribution in [0, 0.1) is 13.8 Å². The molecule has 0 saturated carbocycles. The summed E-state index contributed by atoms with van der Waals surface area (Å²) >= 11 is 0. The summed E-state index contributed by atoms with van der Waals surface area (Å²) in [4.78, 5) is 12.9. The third-order valence-corrected chi connectivity index (χ3v) is 5.65. The molecule has 3 aromatic rings. The normalized spacial score (nSPS) is 12.9. The number of hydrogen-bond donors (Lipinski definition) is 1. The summed E-state index contributed by atoms with van der Waals surface area (Å²) in [6, 6.07) is 12.0. The number of nitrogens with one attached hydrogen (secondary N) is 1. The minimum Gasteiger partial charge on any atom is -0.450 e. The zero-order valence-corrected chi connectivity index (χ0v) is 16.0. The Kier molecular flexibility index (Phi) is 4.63. The predicted molar refractivity (Wildman–Crippen MR) is 101 cm³/mol. The van der Waals surface area contributed by atoms with Gasteiger partial charge >= 0.3 is 0 Å². The second kappa shape index (κ2) is 6.61. The molecule has 1 heterocycles. The first kappa shape index (κ1) is 18.2. The molecule has 0 saturated heterocycles. The van der Waals surface area contributed by atoms with Gasteiger partial charge in [0, 0.05) is 17.2 Å². The zero-order chi connectivity index (χ0) is 19.1. The summed E-state index contributed by atoms with van der Waals surface area (Å²) in [5.41, 5.74) is 3.32. The van der Waals surface area contributed by atoms with Crippen molar-refractivity contribution >= 4 is 26.7 Å². The van der Waals surface area contributed by atoms with Gasteiger partial charge in [-0.15, -0.1) is 0 Å². The Bertz CT molecular complexity index is 1080. The molecule has 26 heavy (non-hydrogen) atoms. The fraction of sp³-hybridized carbons (Fsp3) is 0.250. The van der Waals surface area contributed by atoms with Crippen molar-refractivity contribution in [1.82, 2.24) is 5.32 Å². The largest absolute Gasteiger partial charge is 0.450 e. The van der Waals surface area contributed by atoms with Crippen molar-refractivity contribution in [2.45, 2.75) is 31.7 Å². The average molecular weight is 371 g/mol. The highest BCUT2D eigenvalue weighted by Crippen LogP contribution is 2.28. The molecule has 0 aliphatic heterocycles. The fourth-order valence-corrected chi connectivity index (χ4v) is 3.58. The van der Waals surface area contributed by atoms with E-state index in [1.807, 2.05) is 39.0 Å². The molecule has 1 atom stereocenters. The van der Waals surface area contributed by atoms with E-state index in [4.69, 9.17) is 4.42 Å². The molecule has 0 spiro atoms. The summed E-state index contributed by atoms with van der Waals surface area (Å²) in [6.45, 7) is 5.65. The van der Waals surface area contributed by atoms with Crippen molar-refractivity contribution in [2.24, 2.45) is 0 Å². The molecule has 0 radical (unpaired) electrons. The van der Waals surface area contributed by atoms with Crippen molar-refractivity contribution < 1.29 is 17.6 Å². The van der Waals surface area contributed by atoms with Gasteiger partial charge in [0.05, 0.1) is 10.9 Å². The van der Waals surface area contributed by atoms with Gasteiger partial charge in [-0.25, -0.2) is 8.42 Å². The van der Waals surface area contributed by atoms with E-state index in [1.54, 1.807) is 24.3 Å². The summed E-state index contributed by atoms with van der Waals surface area (Å²) in [5.74, 6) is 0.00620. The van der Waals surface area contributed by atoms with Crippen LogP contribution in [0.3, 0.4) is 0 Å². The number of amides is 1. The number of rotatable bonds is 4. The van der Waals surface area contributed by atoms with Gasteiger partial charge in [-0.1, -0.05) is 30.3 Å². The van der Waals surface area contributed by atoms with Crippen LogP contribution in [0.25, 0.3) is 11.0 Å². The molecule has 5 nitrogen and oxygen atoms in total. The lowest BCUT2D eigenvalue weighted by Crippen LogP contribution is -2.26. The van der Waals surface area contributed by atoms with Gasteiger partial charge in [0.15, 0.2) is 15.6 Å². The highest BCUT2D eigenvalue weighted by atomic mass is 32.2. The maximum Gasteiger partial charge on any atom is 0.287 e. The first-order chi connectivity index (χ1) is 12.2. The fourth-order valence-electron chi connectivity index (χ4n) is 2.95. The van der Waals surface area contributed by atoms with Crippen molar-refractivity contribution in [3.8, 4) is 0 Å². The topological polar surface area (TPSA) is 76.4 Å². The van der Waals surface area contributed by atoms with E-state index in [0.717, 1.165) is 27.7 Å². The number of sulfone groups is 1. The minimum atomic E-state index is -3.24. The number of carbonyl (C=O) groups is 1. The SMILES string of the molecule is Cc1c(C(=O)NC(C)c2ccc(S(C)(=O)=O)cc2)oc2c(C)cccc12. The Hall–Kier alpha value is -2.60. The Morgan fingerprint density at radius 2 is 1.73 bits per heavy atom. The lowest BCUT2D eigenvalue weighted by atomic mass is 10.1.